The number of amides is 1. The van der Waals surface area contributed by atoms with Crippen LogP contribution in [0, 0.1) is 0 Å². The van der Waals surface area contributed by atoms with Gasteiger partial charge in [-0.05, 0) is 12.5 Å². The number of rotatable bonds is 4. The number of carbonyl (C=O) groups is 1. The van der Waals surface area contributed by atoms with Gasteiger partial charge in [0.2, 0.25) is 5.91 Å². The van der Waals surface area contributed by atoms with Gasteiger partial charge in [-0.25, -0.2) is 0 Å². The highest BCUT2D eigenvalue weighted by atomic mass is 16.2. The number of aromatic nitrogens is 2. The minimum atomic E-state index is 0.120. The minimum Gasteiger partial charge on any atom is -0.382 e. The summed E-state index contributed by atoms with van der Waals surface area (Å²) in [6.07, 6.45) is 2.85. The Kier molecular flexibility index (Phi) is 3.40. The summed E-state index contributed by atoms with van der Waals surface area (Å²) in [4.78, 5) is 13.3. The Morgan fingerprint density at radius 2 is 2.38 bits per heavy atom. The van der Waals surface area contributed by atoms with Gasteiger partial charge in [0, 0.05) is 32.4 Å². The van der Waals surface area contributed by atoms with Gasteiger partial charge in [-0.15, -0.1) is 0 Å². The van der Waals surface area contributed by atoms with Crippen molar-refractivity contribution < 1.29 is 4.79 Å². The number of aryl methyl sites for hydroxylation is 1. The summed E-state index contributed by atoms with van der Waals surface area (Å²) in [7, 11) is 0. The Morgan fingerprint density at radius 3 is 3.06 bits per heavy atom. The van der Waals surface area contributed by atoms with Crippen LogP contribution in [0.3, 0.4) is 0 Å². The molecule has 1 aliphatic rings. The van der Waals surface area contributed by atoms with Crippen LogP contribution in [-0.2, 0) is 11.3 Å². The van der Waals surface area contributed by atoms with E-state index in [1.54, 1.807) is 6.07 Å². The third kappa shape index (κ3) is 2.96. The van der Waals surface area contributed by atoms with Gasteiger partial charge in [-0.1, -0.05) is 0 Å². The first-order valence-electron chi connectivity index (χ1n) is 5.52. The summed E-state index contributed by atoms with van der Waals surface area (Å²) in [5, 5.41) is 6.91. The van der Waals surface area contributed by atoms with Crippen molar-refractivity contribution in [2.75, 3.05) is 31.9 Å². The van der Waals surface area contributed by atoms with Gasteiger partial charge in [-0.3, -0.25) is 14.4 Å². The van der Waals surface area contributed by atoms with E-state index in [9.17, 15) is 4.79 Å². The zero-order valence-corrected chi connectivity index (χ0v) is 9.22. The topological polar surface area (TPSA) is 76.2 Å². The molecule has 0 aliphatic carbocycles. The number of nitrogens with zero attached hydrogens (tertiary/aromatic N) is 3. The molecule has 1 saturated heterocycles. The highest BCUT2D eigenvalue weighted by Gasteiger charge is 2.14. The number of piperazine rings is 1. The van der Waals surface area contributed by atoms with E-state index in [-0.39, 0.29) is 5.91 Å². The lowest BCUT2D eigenvalue weighted by molar-refractivity contribution is -0.124. The average Bonchev–Trinajstić information content (AvgIpc) is 2.64. The molecule has 88 valence electrons. The second-order valence-electron chi connectivity index (χ2n) is 3.98. The number of nitrogens with one attached hydrogen (secondary N) is 1. The molecular weight excluding hydrogens is 206 g/mol. The predicted octanol–water partition coefficient (Wildman–Crippen LogP) is -0.713. The Morgan fingerprint density at radius 1 is 1.50 bits per heavy atom. The van der Waals surface area contributed by atoms with Gasteiger partial charge in [0.05, 0.1) is 6.54 Å². The Labute approximate surface area is 94.4 Å². The van der Waals surface area contributed by atoms with Crippen molar-refractivity contribution in [1.82, 2.24) is 20.0 Å². The quantitative estimate of drug-likeness (QED) is 0.707. The van der Waals surface area contributed by atoms with Crippen molar-refractivity contribution in [3.63, 3.8) is 0 Å². The smallest absolute Gasteiger partial charge is 0.234 e. The fourth-order valence-corrected chi connectivity index (χ4v) is 1.84. The molecule has 1 aromatic rings. The molecule has 3 N–H and O–H groups in total. The summed E-state index contributed by atoms with van der Waals surface area (Å²) in [6.45, 7) is 3.98. The van der Waals surface area contributed by atoms with E-state index in [2.05, 4.69) is 15.3 Å². The molecule has 2 rings (SSSR count). The zero-order chi connectivity index (χ0) is 11.4. The Hall–Kier alpha value is -1.56. The number of carbonyl (C=O) groups excluding carboxylic acids is 1. The molecule has 0 atom stereocenters. The van der Waals surface area contributed by atoms with Crippen LogP contribution in [0.1, 0.15) is 6.42 Å². The van der Waals surface area contributed by atoms with E-state index in [0.29, 0.717) is 12.4 Å². The van der Waals surface area contributed by atoms with Crippen molar-refractivity contribution in [1.29, 1.82) is 0 Å². The van der Waals surface area contributed by atoms with Crippen LogP contribution in [0.4, 0.5) is 5.82 Å². The fraction of sp³-hybridized carbons (Fsp3) is 0.600. The molecule has 1 aromatic heterocycles. The predicted molar refractivity (Wildman–Crippen MR) is 60.7 cm³/mol. The van der Waals surface area contributed by atoms with Crippen LogP contribution >= 0.6 is 0 Å². The van der Waals surface area contributed by atoms with Crippen molar-refractivity contribution in [2.24, 2.45) is 0 Å². The van der Waals surface area contributed by atoms with E-state index < -0.39 is 0 Å². The van der Waals surface area contributed by atoms with Gasteiger partial charge >= 0.3 is 0 Å². The summed E-state index contributed by atoms with van der Waals surface area (Å²) < 4.78 is 1.83. The van der Waals surface area contributed by atoms with E-state index in [1.165, 1.54) is 0 Å². The van der Waals surface area contributed by atoms with Crippen LogP contribution in [-0.4, -0.2) is 46.8 Å². The van der Waals surface area contributed by atoms with Crippen LogP contribution in [0.5, 0.6) is 0 Å². The van der Waals surface area contributed by atoms with Crippen molar-refractivity contribution in [2.45, 2.75) is 13.0 Å². The van der Waals surface area contributed by atoms with Crippen LogP contribution < -0.4 is 11.1 Å². The SMILES string of the molecule is Nc1ccn(CCCN2CCNC(=O)C2)n1. The molecule has 6 nitrogen and oxygen atoms in total. The average molecular weight is 223 g/mol. The van der Waals surface area contributed by atoms with Gasteiger partial charge < -0.3 is 11.1 Å². The summed E-state index contributed by atoms with van der Waals surface area (Å²) in [5.41, 5.74) is 5.52. The third-order valence-electron chi connectivity index (χ3n) is 2.64. The highest BCUT2D eigenvalue weighted by molar-refractivity contribution is 5.78. The maximum absolute atomic E-state index is 11.1. The second-order valence-corrected chi connectivity index (χ2v) is 3.98. The van der Waals surface area contributed by atoms with Crippen molar-refractivity contribution >= 4 is 11.7 Å². The van der Waals surface area contributed by atoms with E-state index in [1.807, 2.05) is 10.9 Å². The molecule has 0 unspecified atom stereocenters. The Bertz CT molecular complexity index is 362. The van der Waals surface area contributed by atoms with Gasteiger partial charge in [0.15, 0.2) is 0 Å². The van der Waals surface area contributed by atoms with Crippen LogP contribution in [0.15, 0.2) is 12.3 Å². The first-order valence-corrected chi connectivity index (χ1v) is 5.52. The molecule has 0 spiro atoms. The molecule has 0 aromatic carbocycles. The molecule has 1 aliphatic heterocycles. The van der Waals surface area contributed by atoms with E-state index in [0.717, 1.165) is 32.6 Å². The molecule has 1 amide bonds. The fourth-order valence-electron chi connectivity index (χ4n) is 1.84. The van der Waals surface area contributed by atoms with E-state index in [4.69, 9.17) is 5.73 Å². The summed E-state index contributed by atoms with van der Waals surface area (Å²) in [6, 6.07) is 1.79. The molecule has 0 saturated carbocycles. The number of nitrogen functional groups attached to an aromatic ring is 1. The molecule has 0 bridgehead atoms. The maximum Gasteiger partial charge on any atom is 0.234 e. The van der Waals surface area contributed by atoms with Crippen molar-refractivity contribution in [3.8, 4) is 0 Å². The van der Waals surface area contributed by atoms with Gasteiger partial charge in [0.25, 0.3) is 0 Å². The zero-order valence-electron chi connectivity index (χ0n) is 9.22. The number of hydrogen-bond donors (Lipinski definition) is 2. The molecule has 2 heterocycles. The first kappa shape index (κ1) is 10.9. The second kappa shape index (κ2) is 4.98. The molecule has 0 radical (unpaired) electrons. The highest BCUT2D eigenvalue weighted by Crippen LogP contribution is 2.00. The maximum atomic E-state index is 11.1. The lowest BCUT2D eigenvalue weighted by Gasteiger charge is -2.26. The monoisotopic (exact) mass is 223 g/mol. The number of nitrogens with two attached hydrogens (primary N) is 1. The standard InChI is InChI=1S/C10H17N5O/c11-9-2-6-15(13-9)5-1-4-14-7-3-12-10(16)8-14/h2,6H,1,3-5,7-8H2,(H2,11,13)(H,12,16). The van der Waals surface area contributed by atoms with Crippen LogP contribution in [0.25, 0.3) is 0 Å². The molecule has 1 fully saturated rings. The molecular formula is C10H17N5O. The Balaban J connectivity index is 1.69. The molecule has 16 heavy (non-hydrogen) atoms. The minimum absolute atomic E-state index is 0.120. The lowest BCUT2D eigenvalue weighted by Crippen LogP contribution is -2.47. The largest absolute Gasteiger partial charge is 0.382 e. The molecule has 6 heteroatoms. The van der Waals surface area contributed by atoms with E-state index >= 15 is 0 Å². The third-order valence-corrected chi connectivity index (χ3v) is 2.64. The first-order chi connectivity index (χ1) is 7.74. The van der Waals surface area contributed by atoms with Gasteiger partial charge in [0.1, 0.15) is 5.82 Å². The summed E-state index contributed by atoms with van der Waals surface area (Å²) >= 11 is 0. The number of hydrogen-bond acceptors (Lipinski definition) is 4. The normalized spacial score (nSPS) is 17.4. The van der Waals surface area contributed by atoms with Crippen molar-refractivity contribution in [3.05, 3.63) is 12.3 Å². The van der Waals surface area contributed by atoms with Gasteiger partial charge in [-0.2, -0.15) is 5.10 Å². The van der Waals surface area contributed by atoms with Crippen LogP contribution in [0.2, 0.25) is 0 Å². The lowest BCUT2D eigenvalue weighted by atomic mass is 10.3. The number of anilines is 1. The summed E-state index contributed by atoms with van der Waals surface area (Å²) in [5.74, 6) is 0.673.